The molecule has 1 aliphatic heterocycles. The first-order chi connectivity index (χ1) is 10.8. The van der Waals surface area contributed by atoms with Crippen LogP contribution in [0.3, 0.4) is 0 Å². The summed E-state index contributed by atoms with van der Waals surface area (Å²) < 4.78 is 61.8. The van der Waals surface area contributed by atoms with Gasteiger partial charge in [0.25, 0.3) is 0 Å². The maximum absolute atomic E-state index is 12.6. The Kier molecular flexibility index (Phi) is 8.67. The first-order valence-electron chi connectivity index (χ1n) is 7.90. The maximum atomic E-state index is 12.6. The fraction of sp³-hybridized carbons (Fsp3) is 0.929. The molecule has 0 bridgehead atoms. The summed E-state index contributed by atoms with van der Waals surface area (Å²) in [5, 5.41) is 0. The van der Waals surface area contributed by atoms with Crippen molar-refractivity contribution >= 4 is 28.3 Å². The number of carbonyl (C=O) groups excluding carboxylic acids is 1. The van der Waals surface area contributed by atoms with Crippen LogP contribution in [0.15, 0.2) is 0 Å². The summed E-state index contributed by atoms with van der Waals surface area (Å²) in [5.74, 6) is -0.246. The molecule has 150 valence electrons. The van der Waals surface area contributed by atoms with Crippen molar-refractivity contribution in [1.82, 2.24) is 9.21 Å². The van der Waals surface area contributed by atoms with Gasteiger partial charge in [0.1, 0.15) is 6.54 Å². The molecule has 1 unspecified atom stereocenters. The zero-order valence-electron chi connectivity index (χ0n) is 14.7. The lowest BCUT2D eigenvalue weighted by atomic mass is 9.94. The van der Waals surface area contributed by atoms with E-state index in [9.17, 15) is 26.4 Å². The van der Waals surface area contributed by atoms with E-state index in [0.29, 0.717) is 10.7 Å². The van der Waals surface area contributed by atoms with Gasteiger partial charge < -0.3 is 10.6 Å². The van der Waals surface area contributed by atoms with E-state index in [1.54, 1.807) is 6.92 Å². The van der Waals surface area contributed by atoms with Crippen LogP contribution in [-0.4, -0.2) is 67.2 Å². The van der Waals surface area contributed by atoms with Crippen LogP contribution in [0.5, 0.6) is 0 Å². The van der Waals surface area contributed by atoms with E-state index in [2.05, 4.69) is 0 Å². The Morgan fingerprint density at radius 1 is 1.28 bits per heavy atom. The normalized spacial score (nSPS) is 19.4. The molecule has 0 spiro atoms. The zero-order chi connectivity index (χ0) is 18.8. The highest BCUT2D eigenvalue weighted by atomic mass is 35.5. The molecule has 0 radical (unpaired) electrons. The van der Waals surface area contributed by atoms with E-state index in [1.165, 1.54) is 4.90 Å². The Bertz CT molecular complexity index is 547. The monoisotopic (exact) mass is 409 g/mol. The molecular weight excluding hydrogens is 383 g/mol. The van der Waals surface area contributed by atoms with Crippen LogP contribution in [0, 0.1) is 0 Å². The molecule has 1 fully saturated rings. The minimum Gasteiger partial charge on any atom is -0.341 e. The summed E-state index contributed by atoms with van der Waals surface area (Å²) in [7, 11) is -3.99. The molecule has 0 aliphatic carbocycles. The molecule has 1 rings (SSSR count). The molecule has 0 aromatic carbocycles. The van der Waals surface area contributed by atoms with Crippen LogP contribution in [0.4, 0.5) is 13.2 Å². The van der Waals surface area contributed by atoms with Gasteiger partial charge in [-0.15, -0.1) is 12.4 Å². The summed E-state index contributed by atoms with van der Waals surface area (Å²) >= 11 is 0. The predicted octanol–water partition coefficient (Wildman–Crippen LogP) is 1.74. The number of sulfonamides is 1. The van der Waals surface area contributed by atoms with Crippen LogP contribution in [0.2, 0.25) is 0 Å². The van der Waals surface area contributed by atoms with Crippen molar-refractivity contribution in [2.24, 2.45) is 5.73 Å². The Morgan fingerprint density at radius 2 is 1.76 bits per heavy atom. The molecule has 1 aliphatic rings. The highest BCUT2D eigenvalue weighted by molar-refractivity contribution is 7.88. The zero-order valence-corrected chi connectivity index (χ0v) is 16.3. The van der Waals surface area contributed by atoms with Crippen molar-refractivity contribution in [1.29, 1.82) is 0 Å². The molecule has 1 saturated heterocycles. The summed E-state index contributed by atoms with van der Waals surface area (Å²) in [5.41, 5.74) is 4.99. The standard InChI is InChI=1S/C14H26F3N3O3S.ClH/c1-4-7-13(2,18)12(21)19-8-5-11(6-9-19)20(24(3,22)23)10-14(15,16)17;/h11H,4-10,18H2,1-3H3;1H. The van der Waals surface area contributed by atoms with Crippen LogP contribution in [0.25, 0.3) is 0 Å². The van der Waals surface area contributed by atoms with Gasteiger partial charge in [0.15, 0.2) is 0 Å². The molecule has 6 nitrogen and oxygen atoms in total. The lowest BCUT2D eigenvalue weighted by molar-refractivity contribution is -0.144. The second-order valence-electron chi connectivity index (χ2n) is 6.61. The van der Waals surface area contributed by atoms with E-state index >= 15 is 0 Å². The average Bonchev–Trinajstić information content (AvgIpc) is 2.42. The molecule has 11 heteroatoms. The van der Waals surface area contributed by atoms with Gasteiger partial charge in [-0.05, 0) is 26.2 Å². The Hall–Kier alpha value is -0.580. The SMILES string of the molecule is CCCC(C)(N)C(=O)N1CCC(N(CC(F)(F)F)S(C)(=O)=O)CC1.Cl. The molecule has 1 atom stereocenters. The number of nitrogens with two attached hydrogens (primary N) is 1. The number of nitrogens with zero attached hydrogens (tertiary/aromatic N) is 2. The van der Waals surface area contributed by atoms with E-state index in [4.69, 9.17) is 5.73 Å². The van der Waals surface area contributed by atoms with Gasteiger partial charge in [0.2, 0.25) is 15.9 Å². The fourth-order valence-electron chi connectivity index (χ4n) is 3.04. The van der Waals surface area contributed by atoms with Crippen LogP contribution < -0.4 is 5.73 Å². The number of hydrogen-bond donors (Lipinski definition) is 1. The molecule has 1 amide bonds. The fourth-order valence-corrected chi connectivity index (χ4v) is 4.17. The predicted molar refractivity (Wildman–Crippen MR) is 92.0 cm³/mol. The lowest BCUT2D eigenvalue weighted by Crippen LogP contribution is -2.57. The summed E-state index contributed by atoms with van der Waals surface area (Å²) in [6.45, 7) is 2.44. The highest BCUT2D eigenvalue weighted by Gasteiger charge is 2.41. The molecule has 0 aromatic rings. The van der Waals surface area contributed by atoms with Crippen molar-refractivity contribution in [2.45, 2.75) is 57.3 Å². The molecular formula is C14H27ClF3N3O3S. The van der Waals surface area contributed by atoms with E-state index in [1.807, 2.05) is 6.92 Å². The van der Waals surface area contributed by atoms with Gasteiger partial charge >= 0.3 is 6.18 Å². The third-order valence-electron chi connectivity index (χ3n) is 4.18. The van der Waals surface area contributed by atoms with Crippen molar-refractivity contribution < 1.29 is 26.4 Å². The van der Waals surface area contributed by atoms with Gasteiger partial charge in [-0.25, -0.2) is 8.42 Å². The summed E-state index contributed by atoms with van der Waals surface area (Å²) in [6, 6.07) is -0.763. The van der Waals surface area contributed by atoms with Gasteiger partial charge in [0, 0.05) is 19.1 Å². The largest absolute Gasteiger partial charge is 0.402 e. The second kappa shape index (κ2) is 8.88. The third-order valence-corrected chi connectivity index (χ3v) is 5.46. The van der Waals surface area contributed by atoms with Crippen LogP contribution >= 0.6 is 12.4 Å². The summed E-state index contributed by atoms with van der Waals surface area (Å²) in [6.07, 6.45) is -2.26. The first kappa shape index (κ1) is 24.4. The minimum absolute atomic E-state index is 0. The maximum Gasteiger partial charge on any atom is 0.402 e. The van der Waals surface area contributed by atoms with Crippen molar-refractivity contribution in [2.75, 3.05) is 25.9 Å². The quantitative estimate of drug-likeness (QED) is 0.724. The highest BCUT2D eigenvalue weighted by Crippen LogP contribution is 2.26. The smallest absolute Gasteiger partial charge is 0.341 e. The first-order valence-corrected chi connectivity index (χ1v) is 9.74. The number of likely N-dealkylation sites (tertiary alicyclic amines) is 1. The topological polar surface area (TPSA) is 83.7 Å². The molecule has 0 aromatic heterocycles. The average molecular weight is 410 g/mol. The number of piperidine rings is 1. The van der Waals surface area contributed by atoms with E-state index < -0.39 is 34.3 Å². The molecule has 0 saturated carbocycles. The number of alkyl halides is 3. The van der Waals surface area contributed by atoms with Gasteiger partial charge in [-0.2, -0.15) is 17.5 Å². The number of rotatable bonds is 6. The van der Waals surface area contributed by atoms with Crippen molar-refractivity contribution in [3.05, 3.63) is 0 Å². The van der Waals surface area contributed by atoms with E-state index in [0.717, 1.165) is 12.7 Å². The number of amides is 1. The van der Waals surface area contributed by atoms with Crippen LogP contribution in [0.1, 0.15) is 39.5 Å². The Labute approximate surface area is 153 Å². The number of carbonyl (C=O) groups is 1. The number of hydrogen-bond acceptors (Lipinski definition) is 4. The van der Waals surface area contributed by atoms with Crippen molar-refractivity contribution in [3.8, 4) is 0 Å². The Balaban J connectivity index is 0.00000576. The minimum atomic E-state index is -4.60. The van der Waals surface area contributed by atoms with Crippen molar-refractivity contribution in [3.63, 3.8) is 0 Å². The van der Waals surface area contributed by atoms with Crippen LogP contribution in [-0.2, 0) is 14.8 Å². The number of halogens is 4. The lowest BCUT2D eigenvalue weighted by Gasteiger charge is -2.40. The Morgan fingerprint density at radius 3 is 2.12 bits per heavy atom. The van der Waals surface area contributed by atoms with Gasteiger partial charge in [-0.3, -0.25) is 4.79 Å². The third kappa shape index (κ3) is 7.28. The van der Waals surface area contributed by atoms with Gasteiger partial charge in [0.05, 0.1) is 11.8 Å². The van der Waals surface area contributed by atoms with E-state index in [-0.39, 0.29) is 44.2 Å². The molecule has 2 N–H and O–H groups in total. The summed E-state index contributed by atoms with van der Waals surface area (Å²) in [4.78, 5) is 13.9. The second-order valence-corrected chi connectivity index (χ2v) is 8.55. The van der Waals surface area contributed by atoms with Gasteiger partial charge in [-0.1, -0.05) is 13.3 Å². The molecule has 1 heterocycles. The molecule has 25 heavy (non-hydrogen) atoms.